The molecule has 0 aliphatic rings. The third-order valence-corrected chi connectivity index (χ3v) is 3.60. The average Bonchev–Trinajstić information content (AvgIpc) is 3.28. The lowest BCUT2D eigenvalue weighted by Crippen LogP contribution is -2.24. The van der Waals surface area contributed by atoms with E-state index >= 15 is 0 Å². The molecule has 2 heterocycles. The van der Waals surface area contributed by atoms with Crippen LogP contribution in [0.1, 0.15) is 40.3 Å². The maximum Gasteiger partial charge on any atom is 0.255 e. The molecule has 25 heavy (non-hydrogen) atoms. The lowest BCUT2D eigenvalue weighted by atomic mass is 10.2. The van der Waals surface area contributed by atoms with Crippen molar-refractivity contribution in [2.24, 2.45) is 0 Å². The van der Waals surface area contributed by atoms with Crippen molar-refractivity contribution in [2.75, 3.05) is 0 Å². The first kappa shape index (κ1) is 16.8. The molecule has 0 aliphatic heterocycles. The summed E-state index contributed by atoms with van der Waals surface area (Å²) in [7, 11) is 0. The molecule has 0 bridgehead atoms. The normalized spacial score (nSPS) is 10.6. The molecule has 3 rings (SSSR count). The summed E-state index contributed by atoms with van der Waals surface area (Å²) in [6, 6.07) is 9.27. The number of hydrogen-bond acceptors (Lipinski definition) is 6. The van der Waals surface area contributed by atoms with Crippen LogP contribution in [-0.2, 0) is 19.6 Å². The first-order valence-electron chi connectivity index (χ1n) is 8.01. The van der Waals surface area contributed by atoms with Gasteiger partial charge in [-0.1, -0.05) is 29.8 Å². The van der Waals surface area contributed by atoms with Gasteiger partial charge in [0.1, 0.15) is 12.4 Å². The van der Waals surface area contributed by atoms with Gasteiger partial charge in [-0.2, -0.15) is 4.98 Å². The first-order valence-corrected chi connectivity index (χ1v) is 8.01. The predicted molar refractivity (Wildman–Crippen MR) is 89.1 cm³/mol. The third kappa shape index (κ3) is 4.26. The molecule has 0 aliphatic carbocycles. The number of nitrogens with zero attached hydrogens (tertiary/aromatic N) is 2. The number of benzene rings is 1. The molecule has 0 unspecified atom stereocenters. The summed E-state index contributed by atoms with van der Waals surface area (Å²) in [5, 5.41) is 6.54. The van der Waals surface area contributed by atoms with Crippen LogP contribution < -0.4 is 10.1 Å². The second-order valence-corrected chi connectivity index (χ2v) is 5.50. The Bertz CT molecular complexity index is 836. The lowest BCUT2D eigenvalue weighted by molar-refractivity contribution is 0.0945. The van der Waals surface area contributed by atoms with Crippen molar-refractivity contribution in [1.29, 1.82) is 0 Å². The molecule has 2 aromatic heterocycles. The van der Waals surface area contributed by atoms with E-state index in [1.807, 2.05) is 38.1 Å². The van der Waals surface area contributed by atoms with E-state index in [4.69, 9.17) is 13.7 Å². The Morgan fingerprint density at radius 3 is 2.76 bits per heavy atom. The molecular formula is C18H19N3O4. The van der Waals surface area contributed by atoms with Crippen LogP contribution in [0, 0.1) is 6.92 Å². The Labute approximate surface area is 145 Å². The number of rotatable bonds is 7. The van der Waals surface area contributed by atoms with Crippen molar-refractivity contribution in [3.8, 4) is 5.75 Å². The van der Waals surface area contributed by atoms with Gasteiger partial charge in [0.2, 0.25) is 5.89 Å². The summed E-state index contributed by atoms with van der Waals surface area (Å²) < 4.78 is 16.0. The number of aromatic nitrogens is 2. The van der Waals surface area contributed by atoms with Gasteiger partial charge in [-0.15, -0.1) is 0 Å². The lowest BCUT2D eigenvalue weighted by Gasteiger charge is -2.06. The SMILES string of the molecule is CCc1nc(CNC(=O)c2ccoc2COc2ccc(C)cc2)no1. The van der Waals surface area contributed by atoms with E-state index in [0.29, 0.717) is 35.2 Å². The van der Waals surface area contributed by atoms with E-state index in [1.54, 1.807) is 6.07 Å². The number of carbonyl (C=O) groups excluding carboxylic acids is 1. The molecule has 0 atom stereocenters. The number of ether oxygens (including phenoxy) is 1. The van der Waals surface area contributed by atoms with Crippen molar-refractivity contribution < 1.29 is 18.5 Å². The van der Waals surface area contributed by atoms with Gasteiger partial charge >= 0.3 is 0 Å². The monoisotopic (exact) mass is 341 g/mol. The van der Waals surface area contributed by atoms with Crippen LogP contribution in [0.2, 0.25) is 0 Å². The number of nitrogens with one attached hydrogen (secondary N) is 1. The maximum absolute atomic E-state index is 12.3. The van der Waals surface area contributed by atoms with E-state index in [2.05, 4.69) is 15.5 Å². The van der Waals surface area contributed by atoms with Crippen LogP contribution in [-0.4, -0.2) is 16.0 Å². The van der Waals surface area contributed by atoms with Crippen LogP contribution in [0.25, 0.3) is 0 Å². The first-order chi connectivity index (χ1) is 12.2. The van der Waals surface area contributed by atoms with E-state index in [0.717, 1.165) is 5.56 Å². The van der Waals surface area contributed by atoms with Crippen molar-refractivity contribution in [3.63, 3.8) is 0 Å². The predicted octanol–water partition coefficient (Wildman–Crippen LogP) is 3.04. The number of amides is 1. The van der Waals surface area contributed by atoms with Crippen LogP contribution in [0.3, 0.4) is 0 Å². The Hall–Kier alpha value is -3.09. The van der Waals surface area contributed by atoms with E-state index in [1.165, 1.54) is 6.26 Å². The van der Waals surface area contributed by atoms with E-state index in [9.17, 15) is 4.79 Å². The largest absolute Gasteiger partial charge is 0.486 e. The minimum atomic E-state index is -0.279. The van der Waals surface area contributed by atoms with Gasteiger partial charge < -0.3 is 19.0 Å². The molecule has 7 heteroatoms. The molecule has 1 N–H and O–H groups in total. The number of hydrogen-bond donors (Lipinski definition) is 1. The molecule has 1 amide bonds. The van der Waals surface area contributed by atoms with Crippen molar-refractivity contribution in [3.05, 3.63) is 65.2 Å². The molecule has 7 nitrogen and oxygen atoms in total. The summed E-state index contributed by atoms with van der Waals surface area (Å²) in [5.74, 6) is 1.87. The quantitative estimate of drug-likeness (QED) is 0.710. The van der Waals surface area contributed by atoms with Gasteiger partial charge in [0, 0.05) is 6.42 Å². The Kier molecular flexibility index (Phi) is 5.13. The fraction of sp³-hybridized carbons (Fsp3) is 0.278. The molecule has 0 saturated heterocycles. The molecule has 0 radical (unpaired) electrons. The zero-order valence-corrected chi connectivity index (χ0v) is 14.1. The molecule has 3 aromatic rings. The number of carbonyl (C=O) groups is 1. The Morgan fingerprint density at radius 2 is 2.04 bits per heavy atom. The standard InChI is InChI=1S/C18H19N3O4/c1-3-17-20-16(21-25-17)10-19-18(22)14-8-9-23-15(14)11-24-13-6-4-12(2)5-7-13/h4-9H,3,10-11H2,1-2H3,(H,19,22). The molecule has 1 aromatic carbocycles. The van der Waals surface area contributed by atoms with Crippen molar-refractivity contribution in [2.45, 2.75) is 33.4 Å². The van der Waals surface area contributed by atoms with Crippen molar-refractivity contribution >= 4 is 5.91 Å². The van der Waals surface area contributed by atoms with Crippen LogP contribution >= 0.6 is 0 Å². The Balaban J connectivity index is 1.58. The van der Waals surface area contributed by atoms with Crippen LogP contribution in [0.15, 0.2) is 45.5 Å². The van der Waals surface area contributed by atoms with Gasteiger partial charge in [-0.25, -0.2) is 0 Å². The fourth-order valence-corrected chi connectivity index (χ4v) is 2.20. The fourth-order valence-electron chi connectivity index (χ4n) is 2.20. The van der Waals surface area contributed by atoms with Gasteiger partial charge in [0.05, 0.1) is 18.4 Å². The molecule has 130 valence electrons. The highest BCUT2D eigenvalue weighted by molar-refractivity contribution is 5.95. The molecular weight excluding hydrogens is 322 g/mol. The van der Waals surface area contributed by atoms with Crippen molar-refractivity contribution in [1.82, 2.24) is 15.5 Å². The summed E-state index contributed by atoms with van der Waals surface area (Å²) in [6.07, 6.45) is 2.12. The zero-order valence-electron chi connectivity index (χ0n) is 14.1. The highest BCUT2D eigenvalue weighted by Crippen LogP contribution is 2.17. The topological polar surface area (TPSA) is 90.4 Å². The summed E-state index contributed by atoms with van der Waals surface area (Å²) in [6.45, 7) is 4.28. The van der Waals surface area contributed by atoms with E-state index < -0.39 is 0 Å². The second-order valence-electron chi connectivity index (χ2n) is 5.50. The summed E-state index contributed by atoms with van der Waals surface area (Å²) >= 11 is 0. The molecule has 0 fully saturated rings. The Morgan fingerprint density at radius 1 is 1.24 bits per heavy atom. The third-order valence-electron chi connectivity index (χ3n) is 3.60. The maximum atomic E-state index is 12.3. The number of aryl methyl sites for hydroxylation is 2. The smallest absolute Gasteiger partial charge is 0.255 e. The average molecular weight is 341 g/mol. The highest BCUT2D eigenvalue weighted by Gasteiger charge is 2.16. The highest BCUT2D eigenvalue weighted by atomic mass is 16.5. The van der Waals surface area contributed by atoms with Gasteiger partial charge in [0.15, 0.2) is 11.6 Å². The van der Waals surface area contributed by atoms with Crippen LogP contribution in [0.4, 0.5) is 0 Å². The number of furan rings is 1. The van der Waals surface area contributed by atoms with Gasteiger partial charge in [-0.05, 0) is 25.1 Å². The van der Waals surface area contributed by atoms with E-state index in [-0.39, 0.29) is 19.1 Å². The molecule has 0 saturated carbocycles. The minimum Gasteiger partial charge on any atom is -0.486 e. The second kappa shape index (κ2) is 7.65. The van der Waals surface area contributed by atoms with Gasteiger partial charge in [0.25, 0.3) is 5.91 Å². The summed E-state index contributed by atoms with van der Waals surface area (Å²) in [5.41, 5.74) is 1.57. The molecule has 0 spiro atoms. The zero-order chi connectivity index (χ0) is 17.6. The summed E-state index contributed by atoms with van der Waals surface area (Å²) in [4.78, 5) is 16.5. The van der Waals surface area contributed by atoms with Crippen LogP contribution in [0.5, 0.6) is 5.75 Å². The minimum absolute atomic E-state index is 0.168. The van der Waals surface area contributed by atoms with Gasteiger partial charge in [-0.3, -0.25) is 4.79 Å².